The van der Waals surface area contributed by atoms with Crippen molar-refractivity contribution < 1.29 is 0 Å². The number of fused-ring (bicyclic) bond motifs is 1. The second-order valence-electron chi connectivity index (χ2n) is 5.18. The highest BCUT2D eigenvalue weighted by molar-refractivity contribution is 5.38. The number of rotatable bonds is 4. The van der Waals surface area contributed by atoms with Gasteiger partial charge in [-0.05, 0) is 24.1 Å². The van der Waals surface area contributed by atoms with Crippen LogP contribution < -0.4 is 5.32 Å². The highest BCUT2D eigenvalue weighted by atomic mass is 15.2. The maximum atomic E-state index is 4.34. The molecule has 1 aromatic heterocycles. The fraction of sp³-hybridized carbons (Fsp3) is 0.375. The molecule has 0 saturated carbocycles. The van der Waals surface area contributed by atoms with Crippen LogP contribution in [0.3, 0.4) is 0 Å². The van der Waals surface area contributed by atoms with Crippen LogP contribution in [-0.4, -0.2) is 28.2 Å². The van der Waals surface area contributed by atoms with Crippen LogP contribution in [0.2, 0.25) is 0 Å². The Morgan fingerprint density at radius 2 is 2.05 bits per heavy atom. The minimum Gasteiger partial charge on any atom is -0.369 e. The first-order valence-corrected chi connectivity index (χ1v) is 7.21. The van der Waals surface area contributed by atoms with Gasteiger partial charge in [0, 0.05) is 32.6 Å². The van der Waals surface area contributed by atoms with Crippen molar-refractivity contribution in [2.45, 2.75) is 26.4 Å². The molecule has 4 nitrogen and oxygen atoms in total. The van der Waals surface area contributed by atoms with E-state index in [0.717, 1.165) is 44.1 Å². The SMILES string of the molecule is CCNc1cc2c(nn1)CCN(Cc1ccccc1)C2. The Morgan fingerprint density at radius 1 is 1.20 bits per heavy atom. The predicted molar refractivity (Wildman–Crippen MR) is 80.5 cm³/mol. The quantitative estimate of drug-likeness (QED) is 0.925. The van der Waals surface area contributed by atoms with Gasteiger partial charge in [0.25, 0.3) is 0 Å². The maximum absolute atomic E-state index is 4.34. The van der Waals surface area contributed by atoms with Crippen molar-refractivity contribution in [1.82, 2.24) is 15.1 Å². The van der Waals surface area contributed by atoms with Crippen molar-refractivity contribution in [3.63, 3.8) is 0 Å². The molecular weight excluding hydrogens is 248 g/mol. The van der Waals surface area contributed by atoms with Gasteiger partial charge in [0.1, 0.15) is 5.82 Å². The van der Waals surface area contributed by atoms with Crippen molar-refractivity contribution in [3.8, 4) is 0 Å². The van der Waals surface area contributed by atoms with Gasteiger partial charge in [0.05, 0.1) is 5.69 Å². The van der Waals surface area contributed by atoms with E-state index in [0.29, 0.717) is 0 Å². The molecule has 0 saturated heterocycles. The first-order valence-electron chi connectivity index (χ1n) is 7.21. The lowest BCUT2D eigenvalue weighted by Crippen LogP contribution is -2.31. The molecule has 104 valence electrons. The number of hydrogen-bond donors (Lipinski definition) is 1. The Labute approximate surface area is 119 Å². The van der Waals surface area contributed by atoms with Crippen LogP contribution >= 0.6 is 0 Å². The van der Waals surface area contributed by atoms with E-state index in [4.69, 9.17) is 0 Å². The van der Waals surface area contributed by atoms with Crippen LogP contribution in [0.4, 0.5) is 5.82 Å². The third kappa shape index (κ3) is 2.96. The van der Waals surface area contributed by atoms with E-state index in [-0.39, 0.29) is 0 Å². The van der Waals surface area contributed by atoms with Crippen molar-refractivity contribution >= 4 is 5.82 Å². The monoisotopic (exact) mass is 268 g/mol. The third-order valence-corrected chi connectivity index (χ3v) is 3.63. The van der Waals surface area contributed by atoms with Crippen LogP contribution in [0.5, 0.6) is 0 Å². The van der Waals surface area contributed by atoms with Crippen molar-refractivity contribution in [1.29, 1.82) is 0 Å². The van der Waals surface area contributed by atoms with E-state index in [2.05, 4.69) is 63.7 Å². The van der Waals surface area contributed by atoms with E-state index < -0.39 is 0 Å². The zero-order chi connectivity index (χ0) is 13.8. The maximum Gasteiger partial charge on any atom is 0.148 e. The van der Waals surface area contributed by atoms with Gasteiger partial charge in [-0.15, -0.1) is 5.10 Å². The van der Waals surface area contributed by atoms with Gasteiger partial charge in [-0.25, -0.2) is 0 Å². The largest absolute Gasteiger partial charge is 0.369 e. The summed E-state index contributed by atoms with van der Waals surface area (Å²) in [6.07, 6.45) is 0.988. The van der Waals surface area contributed by atoms with Gasteiger partial charge < -0.3 is 5.32 Å². The average molecular weight is 268 g/mol. The molecule has 0 amide bonds. The molecule has 1 aliphatic rings. The average Bonchev–Trinajstić information content (AvgIpc) is 2.48. The molecule has 0 spiro atoms. The topological polar surface area (TPSA) is 41.1 Å². The molecule has 20 heavy (non-hydrogen) atoms. The molecule has 1 aromatic carbocycles. The summed E-state index contributed by atoms with van der Waals surface area (Å²) in [5.41, 5.74) is 3.82. The normalized spacial score (nSPS) is 14.8. The highest BCUT2D eigenvalue weighted by Crippen LogP contribution is 2.20. The van der Waals surface area contributed by atoms with Crippen molar-refractivity contribution in [2.75, 3.05) is 18.4 Å². The Bertz CT molecular complexity index is 568. The van der Waals surface area contributed by atoms with E-state index >= 15 is 0 Å². The molecule has 4 heteroatoms. The van der Waals surface area contributed by atoms with E-state index in [1.807, 2.05) is 0 Å². The van der Waals surface area contributed by atoms with E-state index in [1.54, 1.807) is 0 Å². The molecule has 1 N–H and O–H groups in total. The number of anilines is 1. The van der Waals surface area contributed by atoms with E-state index in [1.165, 1.54) is 11.1 Å². The Hall–Kier alpha value is -1.94. The van der Waals surface area contributed by atoms with Gasteiger partial charge in [-0.2, -0.15) is 5.10 Å². The number of hydrogen-bond acceptors (Lipinski definition) is 4. The minimum absolute atomic E-state index is 0.876. The first-order chi connectivity index (χ1) is 9.85. The zero-order valence-corrected chi connectivity index (χ0v) is 11.8. The number of aromatic nitrogens is 2. The summed E-state index contributed by atoms with van der Waals surface area (Å²) in [5, 5.41) is 11.8. The summed E-state index contributed by atoms with van der Waals surface area (Å²) in [6, 6.07) is 12.8. The number of nitrogens with one attached hydrogen (secondary N) is 1. The number of nitrogens with zero attached hydrogens (tertiary/aromatic N) is 3. The van der Waals surface area contributed by atoms with Crippen LogP contribution in [0, 0.1) is 0 Å². The minimum atomic E-state index is 0.876. The summed E-state index contributed by atoms with van der Waals surface area (Å²) in [6.45, 7) is 5.96. The molecule has 0 aliphatic carbocycles. The Balaban J connectivity index is 1.72. The van der Waals surface area contributed by atoms with E-state index in [9.17, 15) is 0 Å². The molecule has 0 radical (unpaired) electrons. The van der Waals surface area contributed by atoms with Gasteiger partial charge in [0.2, 0.25) is 0 Å². The molecule has 2 aromatic rings. The molecule has 0 unspecified atom stereocenters. The first kappa shape index (κ1) is 13.1. The zero-order valence-electron chi connectivity index (χ0n) is 11.8. The lowest BCUT2D eigenvalue weighted by Gasteiger charge is -2.28. The molecule has 3 rings (SSSR count). The van der Waals surface area contributed by atoms with Gasteiger partial charge in [0.15, 0.2) is 0 Å². The second kappa shape index (κ2) is 6.01. The fourth-order valence-corrected chi connectivity index (χ4v) is 2.63. The summed E-state index contributed by atoms with van der Waals surface area (Å²) < 4.78 is 0. The smallest absolute Gasteiger partial charge is 0.148 e. The summed E-state index contributed by atoms with van der Waals surface area (Å²) in [7, 11) is 0. The van der Waals surface area contributed by atoms with Crippen LogP contribution in [0.15, 0.2) is 36.4 Å². The number of benzene rings is 1. The van der Waals surface area contributed by atoms with Gasteiger partial charge in [-0.3, -0.25) is 4.90 Å². The lowest BCUT2D eigenvalue weighted by molar-refractivity contribution is 0.242. The van der Waals surface area contributed by atoms with Crippen LogP contribution in [0.1, 0.15) is 23.7 Å². The molecular formula is C16H20N4. The van der Waals surface area contributed by atoms with Crippen LogP contribution in [-0.2, 0) is 19.5 Å². The standard InChI is InChI=1S/C16H20N4/c1-2-17-16-10-14-12-20(9-8-15(14)18-19-16)11-13-6-4-3-5-7-13/h3-7,10H,2,8-9,11-12H2,1H3,(H,17,19). The molecule has 2 heterocycles. The van der Waals surface area contributed by atoms with Crippen LogP contribution in [0.25, 0.3) is 0 Å². The second-order valence-corrected chi connectivity index (χ2v) is 5.18. The lowest BCUT2D eigenvalue weighted by atomic mass is 10.1. The van der Waals surface area contributed by atoms with Gasteiger partial charge in [-0.1, -0.05) is 30.3 Å². The fourth-order valence-electron chi connectivity index (χ4n) is 2.63. The molecule has 0 bridgehead atoms. The molecule has 0 fully saturated rings. The van der Waals surface area contributed by atoms with Gasteiger partial charge >= 0.3 is 0 Å². The third-order valence-electron chi connectivity index (χ3n) is 3.63. The molecule has 0 atom stereocenters. The summed E-state index contributed by atoms with van der Waals surface area (Å²) >= 11 is 0. The summed E-state index contributed by atoms with van der Waals surface area (Å²) in [5.74, 6) is 0.882. The highest BCUT2D eigenvalue weighted by Gasteiger charge is 2.18. The Morgan fingerprint density at radius 3 is 2.85 bits per heavy atom. The van der Waals surface area contributed by atoms with Crippen molar-refractivity contribution in [3.05, 3.63) is 53.2 Å². The van der Waals surface area contributed by atoms with Crippen molar-refractivity contribution in [2.24, 2.45) is 0 Å². The molecule has 1 aliphatic heterocycles. The summed E-state index contributed by atoms with van der Waals surface area (Å²) in [4.78, 5) is 2.47. The predicted octanol–water partition coefficient (Wildman–Crippen LogP) is 2.47. The Kier molecular flexibility index (Phi) is 3.92.